The number of nitrogens with zero attached hydrogens (tertiary/aromatic N) is 7. The highest BCUT2D eigenvalue weighted by atomic mass is 32.2. The number of carbonyl (C=O) groups is 1. The molecule has 3 aromatic heterocycles. The van der Waals surface area contributed by atoms with Crippen LogP contribution in [0.3, 0.4) is 0 Å². The van der Waals surface area contributed by atoms with Crippen LogP contribution in [-0.4, -0.2) is 46.5 Å². The summed E-state index contributed by atoms with van der Waals surface area (Å²) in [4.78, 5) is 28.2. The average molecular weight is 400 g/mol. The Morgan fingerprint density at radius 3 is 2.93 bits per heavy atom. The van der Waals surface area contributed by atoms with Crippen LogP contribution in [-0.2, 0) is 4.79 Å². The fourth-order valence-corrected chi connectivity index (χ4v) is 3.68. The number of rotatable bonds is 5. The molecule has 0 unspecified atom stereocenters. The molecule has 0 saturated carbocycles. The number of carbonyl (C=O) groups excluding carboxylic acids is 1. The van der Waals surface area contributed by atoms with Crippen LogP contribution in [0, 0.1) is 6.92 Å². The highest BCUT2D eigenvalue weighted by Gasteiger charge is 2.14. The lowest BCUT2D eigenvalue weighted by Gasteiger charge is -2.05. The van der Waals surface area contributed by atoms with Gasteiger partial charge >= 0.3 is 0 Å². The Balaban J connectivity index is 1.47. The van der Waals surface area contributed by atoms with E-state index in [0.29, 0.717) is 15.9 Å². The molecule has 10 nitrogen and oxygen atoms in total. The quantitative estimate of drug-likeness (QED) is 0.496. The molecule has 4 rings (SSSR count). The van der Waals surface area contributed by atoms with Crippen LogP contribution in [0.5, 0.6) is 0 Å². The molecule has 12 heteroatoms. The molecule has 0 atom stereocenters. The molecule has 0 aliphatic rings. The molecule has 0 aliphatic heterocycles. The molecule has 0 fully saturated rings. The summed E-state index contributed by atoms with van der Waals surface area (Å²) in [5.74, 6) is 0.316. The van der Waals surface area contributed by atoms with Crippen molar-refractivity contribution in [3.63, 3.8) is 0 Å². The van der Waals surface area contributed by atoms with Crippen molar-refractivity contribution in [3.8, 4) is 5.69 Å². The third kappa shape index (κ3) is 3.57. The zero-order valence-electron chi connectivity index (χ0n) is 13.9. The number of amides is 1. The van der Waals surface area contributed by atoms with Crippen LogP contribution in [0.2, 0.25) is 0 Å². The van der Waals surface area contributed by atoms with Crippen molar-refractivity contribution in [2.45, 2.75) is 12.1 Å². The number of hydrogen-bond donors (Lipinski definition) is 1. The number of thioether (sulfide) groups is 1. The number of tetrazole rings is 1. The molecule has 3 heterocycles. The van der Waals surface area contributed by atoms with Gasteiger partial charge in [0.1, 0.15) is 11.5 Å². The van der Waals surface area contributed by atoms with Crippen molar-refractivity contribution in [2.75, 3.05) is 11.1 Å². The molecule has 1 amide bonds. The Labute approximate surface area is 160 Å². The van der Waals surface area contributed by atoms with Crippen LogP contribution in [0.25, 0.3) is 10.6 Å². The van der Waals surface area contributed by atoms with Gasteiger partial charge in [0.15, 0.2) is 0 Å². The van der Waals surface area contributed by atoms with E-state index in [2.05, 4.69) is 30.9 Å². The van der Waals surface area contributed by atoms with E-state index in [-0.39, 0.29) is 22.9 Å². The summed E-state index contributed by atoms with van der Waals surface area (Å²) >= 11 is 2.44. The predicted molar refractivity (Wildman–Crippen MR) is 100 cm³/mol. The molecule has 136 valence electrons. The van der Waals surface area contributed by atoms with E-state index < -0.39 is 0 Å². The minimum Gasteiger partial charge on any atom is -0.309 e. The number of aryl methyl sites for hydroxylation is 1. The number of nitrogens with one attached hydrogen (secondary N) is 1. The topological polar surface area (TPSA) is 120 Å². The summed E-state index contributed by atoms with van der Waals surface area (Å²) in [5, 5.41) is 20.7. The highest BCUT2D eigenvalue weighted by Crippen LogP contribution is 2.20. The van der Waals surface area contributed by atoms with E-state index in [9.17, 15) is 9.59 Å². The van der Waals surface area contributed by atoms with Gasteiger partial charge in [0.05, 0.1) is 11.4 Å². The van der Waals surface area contributed by atoms with E-state index in [1.165, 1.54) is 27.6 Å². The van der Waals surface area contributed by atoms with E-state index in [1.54, 1.807) is 17.0 Å². The first-order valence-corrected chi connectivity index (χ1v) is 9.60. The molecule has 0 saturated heterocycles. The molecule has 4 aromatic rings. The van der Waals surface area contributed by atoms with Crippen LogP contribution >= 0.6 is 23.1 Å². The van der Waals surface area contributed by atoms with Gasteiger partial charge in [-0.05, 0) is 29.5 Å². The maximum atomic E-state index is 12.3. The molecular formula is C15H12N8O2S2. The van der Waals surface area contributed by atoms with E-state index in [0.717, 1.165) is 5.69 Å². The first-order chi connectivity index (χ1) is 13.1. The summed E-state index contributed by atoms with van der Waals surface area (Å²) in [6.45, 7) is 1.57. The second kappa shape index (κ2) is 7.25. The van der Waals surface area contributed by atoms with Gasteiger partial charge in [0, 0.05) is 5.38 Å². The van der Waals surface area contributed by atoms with Crippen molar-refractivity contribution < 1.29 is 4.79 Å². The van der Waals surface area contributed by atoms with Crippen molar-refractivity contribution in [1.29, 1.82) is 0 Å². The molecule has 0 aliphatic carbocycles. The van der Waals surface area contributed by atoms with Crippen LogP contribution < -0.4 is 10.9 Å². The minimum absolute atomic E-state index is 0.108. The fourth-order valence-electron chi connectivity index (χ4n) is 2.23. The van der Waals surface area contributed by atoms with E-state index in [4.69, 9.17) is 0 Å². The first-order valence-electron chi connectivity index (χ1n) is 7.73. The number of benzene rings is 1. The Hall–Kier alpha value is -3.12. The lowest BCUT2D eigenvalue weighted by atomic mass is 10.3. The van der Waals surface area contributed by atoms with Gasteiger partial charge in [0.25, 0.3) is 5.56 Å². The average Bonchev–Trinajstić information content (AvgIpc) is 3.29. The standard InChI is InChI=1S/C15H12N8O2S2/c1-9-13(25)17-14-23(19-9)11(7-26-14)16-12(24)8-27-15-18-20-21-22(15)10-5-3-2-4-6-10/h2-7H,8H2,1H3,(H,16,24). The van der Waals surface area contributed by atoms with Gasteiger partial charge < -0.3 is 5.32 Å². The summed E-state index contributed by atoms with van der Waals surface area (Å²) < 4.78 is 3.01. The third-order valence-electron chi connectivity index (χ3n) is 3.48. The van der Waals surface area contributed by atoms with Crippen molar-refractivity contribution in [3.05, 3.63) is 51.8 Å². The zero-order valence-corrected chi connectivity index (χ0v) is 15.6. The molecular weight excluding hydrogens is 388 g/mol. The molecule has 0 radical (unpaired) electrons. The second-order valence-corrected chi connectivity index (χ2v) is 7.14. The maximum Gasteiger partial charge on any atom is 0.295 e. The van der Waals surface area contributed by atoms with Gasteiger partial charge in [-0.25, -0.2) is 0 Å². The normalized spacial score (nSPS) is 11.0. The first kappa shape index (κ1) is 17.3. The third-order valence-corrected chi connectivity index (χ3v) is 5.22. The minimum atomic E-state index is -0.377. The number of para-hydroxylation sites is 1. The van der Waals surface area contributed by atoms with Crippen LogP contribution in [0.15, 0.2) is 45.7 Å². The summed E-state index contributed by atoms with van der Waals surface area (Å²) in [7, 11) is 0. The molecule has 1 aromatic carbocycles. The highest BCUT2D eigenvalue weighted by molar-refractivity contribution is 7.99. The maximum absolute atomic E-state index is 12.3. The number of anilines is 1. The fraction of sp³-hybridized carbons (Fsp3) is 0.133. The number of thiazole rings is 1. The predicted octanol–water partition coefficient (Wildman–Crippen LogP) is 1.17. The van der Waals surface area contributed by atoms with Gasteiger partial charge in [0.2, 0.25) is 16.0 Å². The number of hydrogen-bond acceptors (Lipinski definition) is 9. The Kier molecular flexibility index (Phi) is 4.64. The van der Waals surface area contributed by atoms with E-state index in [1.807, 2.05) is 30.3 Å². The van der Waals surface area contributed by atoms with Gasteiger partial charge in [-0.15, -0.1) is 16.4 Å². The number of aromatic nitrogens is 7. The smallest absolute Gasteiger partial charge is 0.295 e. The monoisotopic (exact) mass is 400 g/mol. The molecule has 27 heavy (non-hydrogen) atoms. The van der Waals surface area contributed by atoms with Crippen LogP contribution in [0.4, 0.5) is 5.82 Å². The zero-order chi connectivity index (χ0) is 18.8. The Bertz CT molecular complexity index is 1170. The van der Waals surface area contributed by atoms with Crippen molar-refractivity contribution in [1.82, 2.24) is 34.8 Å². The summed E-state index contributed by atoms with van der Waals surface area (Å²) in [6, 6.07) is 9.41. The lowest BCUT2D eigenvalue weighted by Crippen LogP contribution is -2.19. The Morgan fingerprint density at radius 2 is 2.11 bits per heavy atom. The molecule has 0 bridgehead atoms. The number of fused-ring (bicyclic) bond motifs is 1. The second-order valence-electron chi connectivity index (χ2n) is 5.36. The molecule has 1 N–H and O–H groups in total. The largest absolute Gasteiger partial charge is 0.309 e. The summed E-state index contributed by atoms with van der Waals surface area (Å²) in [5.41, 5.74) is 0.694. The van der Waals surface area contributed by atoms with Gasteiger partial charge in [-0.3, -0.25) is 9.59 Å². The van der Waals surface area contributed by atoms with Gasteiger partial charge in [-0.1, -0.05) is 30.0 Å². The van der Waals surface area contributed by atoms with Crippen molar-refractivity contribution >= 4 is 39.8 Å². The SMILES string of the molecule is Cc1nn2c(NC(=O)CSc3nnnn3-c3ccccc3)csc2nc1=O. The summed E-state index contributed by atoms with van der Waals surface area (Å²) in [6.07, 6.45) is 0. The van der Waals surface area contributed by atoms with Crippen molar-refractivity contribution in [2.24, 2.45) is 0 Å². The van der Waals surface area contributed by atoms with Gasteiger partial charge in [-0.2, -0.15) is 19.3 Å². The van der Waals surface area contributed by atoms with E-state index >= 15 is 0 Å². The lowest BCUT2D eigenvalue weighted by molar-refractivity contribution is -0.113. The van der Waals surface area contributed by atoms with Crippen LogP contribution in [0.1, 0.15) is 5.69 Å². The Morgan fingerprint density at radius 1 is 1.30 bits per heavy atom. The molecule has 0 spiro atoms.